The Morgan fingerprint density at radius 1 is 1.36 bits per heavy atom. The average molecular weight is 339 g/mol. The number of hydrogen-bond acceptors (Lipinski definition) is 5. The van der Waals surface area contributed by atoms with Crippen LogP contribution in [0.3, 0.4) is 0 Å². The Hall–Kier alpha value is -2.93. The zero-order valence-electron chi connectivity index (χ0n) is 14.6. The first-order chi connectivity index (χ1) is 12.0. The number of benzene rings is 1. The molecule has 1 N–H and O–H groups in total. The van der Waals surface area contributed by atoms with E-state index in [1.165, 1.54) is 6.26 Å². The molecule has 0 unspecified atom stereocenters. The molecule has 0 aliphatic carbocycles. The summed E-state index contributed by atoms with van der Waals surface area (Å²) in [5, 5.41) is 7.12. The van der Waals surface area contributed by atoms with Crippen molar-refractivity contribution in [3.8, 4) is 11.5 Å². The molecule has 0 bridgehead atoms. The molecule has 0 aliphatic rings. The largest absolute Gasteiger partial charge is 0.445 e. The number of anilines is 1. The summed E-state index contributed by atoms with van der Waals surface area (Å²) >= 11 is 0. The number of nitrogens with zero attached hydrogens (tertiary/aromatic N) is 4. The molecule has 2 heterocycles. The van der Waals surface area contributed by atoms with Crippen molar-refractivity contribution < 1.29 is 9.21 Å². The summed E-state index contributed by atoms with van der Waals surface area (Å²) in [7, 11) is 4.00. The molecule has 0 radical (unpaired) electrons. The van der Waals surface area contributed by atoms with Crippen molar-refractivity contribution in [2.45, 2.75) is 13.5 Å². The number of oxazole rings is 1. The minimum atomic E-state index is -0.196. The second kappa shape index (κ2) is 7.31. The molecule has 7 heteroatoms. The molecule has 0 aliphatic heterocycles. The molecule has 1 amide bonds. The second-order valence-corrected chi connectivity index (χ2v) is 6.12. The number of carbonyl (C=O) groups excluding carboxylic acids is 1. The van der Waals surface area contributed by atoms with Crippen LogP contribution in [-0.4, -0.2) is 46.2 Å². The minimum Gasteiger partial charge on any atom is -0.445 e. The number of carbonyl (C=O) groups is 1. The topological polar surface area (TPSA) is 76.2 Å². The summed E-state index contributed by atoms with van der Waals surface area (Å²) in [6.45, 7) is 3.57. The Labute approximate surface area is 146 Å². The molecular formula is C18H21N5O2. The number of rotatable bonds is 6. The molecule has 0 fully saturated rings. The minimum absolute atomic E-state index is 0.196. The van der Waals surface area contributed by atoms with E-state index in [1.807, 2.05) is 39.2 Å². The van der Waals surface area contributed by atoms with Crippen LogP contribution in [0.2, 0.25) is 0 Å². The summed E-state index contributed by atoms with van der Waals surface area (Å²) in [5.41, 5.74) is 3.09. The molecule has 7 nitrogen and oxygen atoms in total. The number of amides is 1. The Morgan fingerprint density at radius 2 is 2.20 bits per heavy atom. The van der Waals surface area contributed by atoms with Crippen LogP contribution in [0.4, 0.5) is 5.69 Å². The SMILES string of the molecule is Cc1ccc(NC(=O)c2cnn(CCN(C)C)c2)cc1-c1ncco1. The normalized spacial score (nSPS) is 11.0. The van der Waals surface area contributed by atoms with E-state index in [4.69, 9.17) is 4.42 Å². The van der Waals surface area contributed by atoms with Gasteiger partial charge in [-0.05, 0) is 38.7 Å². The Bertz CT molecular complexity index is 852. The molecule has 130 valence electrons. The van der Waals surface area contributed by atoms with Crippen LogP contribution in [0.1, 0.15) is 15.9 Å². The average Bonchev–Trinajstić information content (AvgIpc) is 3.26. The lowest BCUT2D eigenvalue weighted by Gasteiger charge is -2.09. The number of aromatic nitrogens is 3. The van der Waals surface area contributed by atoms with Crippen molar-refractivity contribution in [3.63, 3.8) is 0 Å². The quantitative estimate of drug-likeness (QED) is 0.747. The monoisotopic (exact) mass is 339 g/mol. The first-order valence-corrected chi connectivity index (χ1v) is 8.02. The van der Waals surface area contributed by atoms with Crippen molar-refractivity contribution >= 4 is 11.6 Å². The van der Waals surface area contributed by atoms with Crippen LogP contribution in [0.15, 0.2) is 47.5 Å². The zero-order chi connectivity index (χ0) is 17.8. The Morgan fingerprint density at radius 3 is 2.92 bits per heavy atom. The number of likely N-dealkylation sites (N-methyl/N-ethyl adjacent to an activating group) is 1. The molecule has 2 aromatic heterocycles. The standard InChI is InChI=1S/C18H21N5O2/c1-13-4-5-15(10-16(13)18-19-6-9-25-18)21-17(24)14-11-20-23(12-14)8-7-22(2)3/h4-6,9-12H,7-8H2,1-3H3,(H,21,24). The van der Waals surface area contributed by atoms with Gasteiger partial charge >= 0.3 is 0 Å². The van der Waals surface area contributed by atoms with Crippen molar-refractivity contribution in [1.29, 1.82) is 0 Å². The van der Waals surface area contributed by atoms with Gasteiger partial charge in [0.25, 0.3) is 5.91 Å². The summed E-state index contributed by atoms with van der Waals surface area (Å²) < 4.78 is 7.12. The third-order valence-corrected chi connectivity index (χ3v) is 3.83. The van der Waals surface area contributed by atoms with E-state index >= 15 is 0 Å². The van der Waals surface area contributed by atoms with Gasteiger partial charge in [-0.1, -0.05) is 6.07 Å². The molecule has 3 rings (SSSR count). The Kier molecular flexibility index (Phi) is 4.95. The first-order valence-electron chi connectivity index (χ1n) is 8.02. The lowest BCUT2D eigenvalue weighted by Crippen LogP contribution is -2.18. The van der Waals surface area contributed by atoms with E-state index in [0.717, 1.165) is 24.2 Å². The van der Waals surface area contributed by atoms with Gasteiger partial charge < -0.3 is 14.6 Å². The molecule has 25 heavy (non-hydrogen) atoms. The van der Waals surface area contributed by atoms with Crippen molar-refractivity contribution in [2.24, 2.45) is 0 Å². The fraction of sp³-hybridized carbons (Fsp3) is 0.278. The smallest absolute Gasteiger partial charge is 0.258 e. The maximum absolute atomic E-state index is 12.4. The number of hydrogen-bond donors (Lipinski definition) is 1. The maximum Gasteiger partial charge on any atom is 0.258 e. The van der Waals surface area contributed by atoms with Crippen molar-refractivity contribution in [3.05, 3.63) is 54.2 Å². The molecule has 3 aromatic rings. The van der Waals surface area contributed by atoms with Crippen LogP contribution in [-0.2, 0) is 6.54 Å². The number of aryl methyl sites for hydroxylation is 1. The van der Waals surface area contributed by atoms with Crippen LogP contribution in [0, 0.1) is 6.92 Å². The van der Waals surface area contributed by atoms with E-state index in [1.54, 1.807) is 23.3 Å². The van der Waals surface area contributed by atoms with Gasteiger partial charge in [0.15, 0.2) is 0 Å². The van der Waals surface area contributed by atoms with Gasteiger partial charge in [0.2, 0.25) is 5.89 Å². The maximum atomic E-state index is 12.4. The predicted molar refractivity (Wildman–Crippen MR) is 95.4 cm³/mol. The third-order valence-electron chi connectivity index (χ3n) is 3.83. The predicted octanol–water partition coefficient (Wildman–Crippen LogP) is 2.66. The van der Waals surface area contributed by atoms with E-state index in [9.17, 15) is 4.79 Å². The first kappa shape index (κ1) is 16.9. The second-order valence-electron chi connectivity index (χ2n) is 6.12. The highest BCUT2D eigenvalue weighted by Crippen LogP contribution is 2.25. The summed E-state index contributed by atoms with van der Waals surface area (Å²) in [4.78, 5) is 18.7. The fourth-order valence-corrected chi connectivity index (χ4v) is 2.40. The zero-order valence-corrected chi connectivity index (χ0v) is 14.6. The lowest BCUT2D eigenvalue weighted by molar-refractivity contribution is 0.102. The summed E-state index contributed by atoms with van der Waals surface area (Å²) in [5.74, 6) is 0.336. The van der Waals surface area contributed by atoms with Crippen LogP contribution in [0.25, 0.3) is 11.5 Å². The van der Waals surface area contributed by atoms with Crippen LogP contribution < -0.4 is 5.32 Å². The molecule has 1 aromatic carbocycles. The third kappa shape index (κ3) is 4.13. The van der Waals surface area contributed by atoms with Crippen molar-refractivity contribution in [1.82, 2.24) is 19.7 Å². The highest BCUT2D eigenvalue weighted by atomic mass is 16.3. The van der Waals surface area contributed by atoms with Gasteiger partial charge in [0, 0.05) is 24.0 Å². The lowest BCUT2D eigenvalue weighted by atomic mass is 10.1. The van der Waals surface area contributed by atoms with Gasteiger partial charge in [-0.15, -0.1) is 0 Å². The van der Waals surface area contributed by atoms with E-state index in [2.05, 4.69) is 20.3 Å². The van der Waals surface area contributed by atoms with Crippen LogP contribution >= 0.6 is 0 Å². The molecule has 0 spiro atoms. The van der Waals surface area contributed by atoms with Gasteiger partial charge in [0.1, 0.15) is 6.26 Å². The van der Waals surface area contributed by atoms with Gasteiger partial charge in [-0.25, -0.2) is 4.98 Å². The molecule has 0 atom stereocenters. The van der Waals surface area contributed by atoms with Gasteiger partial charge in [-0.2, -0.15) is 5.10 Å². The van der Waals surface area contributed by atoms with Gasteiger partial charge in [0.05, 0.1) is 24.5 Å². The Balaban J connectivity index is 1.72. The van der Waals surface area contributed by atoms with E-state index in [-0.39, 0.29) is 5.91 Å². The molecule has 0 saturated carbocycles. The van der Waals surface area contributed by atoms with Gasteiger partial charge in [-0.3, -0.25) is 9.48 Å². The number of nitrogens with one attached hydrogen (secondary N) is 1. The molecule has 0 saturated heterocycles. The summed E-state index contributed by atoms with van der Waals surface area (Å²) in [6, 6.07) is 5.64. The highest BCUT2D eigenvalue weighted by Gasteiger charge is 2.12. The molecular weight excluding hydrogens is 318 g/mol. The summed E-state index contributed by atoms with van der Waals surface area (Å²) in [6.07, 6.45) is 6.46. The van der Waals surface area contributed by atoms with Crippen LogP contribution in [0.5, 0.6) is 0 Å². The van der Waals surface area contributed by atoms with E-state index < -0.39 is 0 Å². The van der Waals surface area contributed by atoms with E-state index in [0.29, 0.717) is 17.1 Å². The fourth-order valence-electron chi connectivity index (χ4n) is 2.40. The highest BCUT2D eigenvalue weighted by molar-refractivity contribution is 6.04. The van der Waals surface area contributed by atoms with Crippen molar-refractivity contribution in [2.75, 3.05) is 26.0 Å².